The van der Waals surface area contributed by atoms with E-state index in [1.54, 1.807) is 11.8 Å². The van der Waals surface area contributed by atoms with Crippen LogP contribution in [0.1, 0.15) is 39.5 Å². The second kappa shape index (κ2) is 12.5. The van der Waals surface area contributed by atoms with Crippen LogP contribution in [0.2, 0.25) is 0 Å². The molecule has 1 fully saturated rings. The van der Waals surface area contributed by atoms with Crippen LogP contribution < -0.4 is 4.74 Å². The number of carboxylic acid groups (broad SMARTS) is 1. The minimum Gasteiger partial charge on any atom is -0.491 e. The van der Waals surface area contributed by atoms with Crippen LogP contribution in [-0.4, -0.2) is 46.4 Å². The van der Waals surface area contributed by atoms with Gasteiger partial charge in [0.1, 0.15) is 17.4 Å². The van der Waals surface area contributed by atoms with Crippen molar-refractivity contribution >= 4 is 17.7 Å². The van der Waals surface area contributed by atoms with Crippen molar-refractivity contribution < 1.29 is 19.4 Å². The summed E-state index contributed by atoms with van der Waals surface area (Å²) in [5.41, 5.74) is 4.57. The number of aromatic nitrogens is 2. The van der Waals surface area contributed by atoms with Crippen molar-refractivity contribution in [3.8, 4) is 28.1 Å². The molecule has 1 aromatic heterocycles. The molecule has 192 valence electrons. The zero-order valence-corrected chi connectivity index (χ0v) is 22.2. The standard InChI is InChI=1S/C29H36N2O4S/c1-20(2)35-25-11-7-10-24(16-25)27-28(23-8-5-4-6-9-23)31(30-29(27)36-3)17-21-12-14-22(15-13-21)18-34-19-26(32)33/h4-11,16,20-22H,12-15,17-19H2,1-3H3,(H,32,33). The van der Waals surface area contributed by atoms with Crippen molar-refractivity contribution in [1.29, 1.82) is 0 Å². The number of aliphatic carboxylic acids is 1. The van der Waals surface area contributed by atoms with Gasteiger partial charge in [-0.1, -0.05) is 42.5 Å². The molecule has 36 heavy (non-hydrogen) atoms. The first-order chi connectivity index (χ1) is 17.4. The normalized spacial score (nSPS) is 17.9. The van der Waals surface area contributed by atoms with E-state index in [9.17, 15) is 4.79 Å². The first-order valence-electron chi connectivity index (χ1n) is 12.7. The van der Waals surface area contributed by atoms with Crippen molar-refractivity contribution in [1.82, 2.24) is 9.78 Å². The molecule has 3 aromatic rings. The number of hydrogen-bond acceptors (Lipinski definition) is 5. The minimum atomic E-state index is -0.905. The average Bonchev–Trinajstić information content (AvgIpc) is 3.23. The summed E-state index contributed by atoms with van der Waals surface area (Å²) in [6.07, 6.45) is 6.50. The summed E-state index contributed by atoms with van der Waals surface area (Å²) in [5.74, 6) is 0.927. The lowest BCUT2D eigenvalue weighted by Gasteiger charge is -2.28. The quantitative estimate of drug-likeness (QED) is 0.293. The fourth-order valence-electron chi connectivity index (χ4n) is 5.00. The Balaban J connectivity index is 1.60. The predicted molar refractivity (Wildman–Crippen MR) is 145 cm³/mol. The maximum absolute atomic E-state index is 10.7. The van der Waals surface area contributed by atoms with Gasteiger partial charge in [0.2, 0.25) is 0 Å². The molecule has 0 spiro atoms. The van der Waals surface area contributed by atoms with E-state index in [-0.39, 0.29) is 12.7 Å². The molecule has 0 amide bonds. The fraction of sp³-hybridized carbons (Fsp3) is 0.448. The number of thioether (sulfide) groups is 1. The van der Waals surface area contributed by atoms with Crippen molar-refractivity contribution in [3.63, 3.8) is 0 Å². The number of carbonyl (C=O) groups is 1. The van der Waals surface area contributed by atoms with Crippen LogP contribution in [0.5, 0.6) is 5.75 Å². The Labute approximate surface area is 218 Å². The van der Waals surface area contributed by atoms with Crippen molar-refractivity contribution in [3.05, 3.63) is 54.6 Å². The van der Waals surface area contributed by atoms with E-state index < -0.39 is 5.97 Å². The highest BCUT2D eigenvalue weighted by Crippen LogP contribution is 2.41. The van der Waals surface area contributed by atoms with Gasteiger partial charge in [-0.3, -0.25) is 4.68 Å². The van der Waals surface area contributed by atoms with E-state index in [1.165, 1.54) is 0 Å². The smallest absolute Gasteiger partial charge is 0.329 e. The topological polar surface area (TPSA) is 73.6 Å². The van der Waals surface area contributed by atoms with Gasteiger partial charge in [0.15, 0.2) is 0 Å². The van der Waals surface area contributed by atoms with E-state index in [0.29, 0.717) is 18.4 Å². The van der Waals surface area contributed by atoms with Crippen LogP contribution in [0.4, 0.5) is 0 Å². The van der Waals surface area contributed by atoms with E-state index in [4.69, 9.17) is 19.7 Å². The van der Waals surface area contributed by atoms with Crippen LogP contribution in [0.25, 0.3) is 22.4 Å². The summed E-state index contributed by atoms with van der Waals surface area (Å²) in [4.78, 5) is 10.7. The van der Waals surface area contributed by atoms with Gasteiger partial charge in [0.05, 0.1) is 18.4 Å². The van der Waals surface area contributed by atoms with Gasteiger partial charge in [-0.15, -0.1) is 11.8 Å². The summed E-state index contributed by atoms with van der Waals surface area (Å²) >= 11 is 1.68. The molecule has 1 aliphatic carbocycles. The van der Waals surface area contributed by atoms with Gasteiger partial charge in [-0.2, -0.15) is 5.10 Å². The largest absolute Gasteiger partial charge is 0.491 e. The van der Waals surface area contributed by atoms with Crippen LogP contribution >= 0.6 is 11.8 Å². The minimum absolute atomic E-state index is 0.112. The SMILES string of the molecule is CSc1nn(CC2CCC(COCC(=O)O)CC2)c(-c2ccccc2)c1-c1cccc(OC(C)C)c1. The number of rotatable bonds is 11. The van der Waals surface area contributed by atoms with E-state index >= 15 is 0 Å². The third kappa shape index (κ3) is 6.71. The lowest BCUT2D eigenvalue weighted by molar-refractivity contribution is -0.142. The highest BCUT2D eigenvalue weighted by Gasteiger charge is 2.26. The number of benzene rings is 2. The Kier molecular flexibility index (Phi) is 9.10. The van der Waals surface area contributed by atoms with Crippen LogP contribution in [0, 0.1) is 11.8 Å². The number of hydrogen-bond donors (Lipinski definition) is 1. The van der Waals surface area contributed by atoms with Crippen molar-refractivity contribution in [2.75, 3.05) is 19.5 Å². The van der Waals surface area contributed by atoms with Gasteiger partial charge >= 0.3 is 5.97 Å². The molecule has 0 aliphatic heterocycles. The maximum Gasteiger partial charge on any atom is 0.329 e. The van der Waals surface area contributed by atoms with Gasteiger partial charge < -0.3 is 14.6 Å². The molecule has 1 aliphatic rings. The molecular weight excluding hydrogens is 472 g/mol. The van der Waals surface area contributed by atoms with Crippen molar-refractivity contribution in [2.24, 2.45) is 11.8 Å². The highest BCUT2D eigenvalue weighted by atomic mass is 32.2. The van der Waals surface area contributed by atoms with Gasteiger partial charge in [0, 0.05) is 17.7 Å². The molecule has 0 unspecified atom stereocenters. The van der Waals surface area contributed by atoms with Crippen LogP contribution in [0.3, 0.4) is 0 Å². The first-order valence-corrected chi connectivity index (χ1v) is 13.9. The second-order valence-corrected chi connectivity index (χ2v) is 10.6. The van der Waals surface area contributed by atoms with Crippen molar-refractivity contribution in [2.45, 2.75) is 57.2 Å². The zero-order chi connectivity index (χ0) is 25.5. The molecular formula is C29H36N2O4S. The zero-order valence-electron chi connectivity index (χ0n) is 21.4. The lowest BCUT2D eigenvalue weighted by atomic mass is 9.82. The molecule has 0 atom stereocenters. The molecule has 0 radical (unpaired) electrons. The third-order valence-electron chi connectivity index (χ3n) is 6.63. The van der Waals surface area contributed by atoms with E-state index in [2.05, 4.69) is 53.4 Å². The lowest BCUT2D eigenvalue weighted by Crippen LogP contribution is -2.23. The molecule has 0 saturated heterocycles. The Bertz CT molecular complexity index is 1140. The monoisotopic (exact) mass is 508 g/mol. The van der Waals surface area contributed by atoms with E-state index in [1.807, 2.05) is 26.0 Å². The molecule has 1 heterocycles. The Hall–Kier alpha value is -2.77. The summed E-state index contributed by atoms with van der Waals surface area (Å²) in [6, 6.07) is 18.8. The summed E-state index contributed by atoms with van der Waals surface area (Å²) in [5, 5.41) is 14.9. The number of carboxylic acids is 1. The van der Waals surface area contributed by atoms with Gasteiger partial charge in [-0.25, -0.2) is 4.79 Å². The molecule has 2 aromatic carbocycles. The van der Waals surface area contributed by atoms with Gasteiger partial charge in [0.25, 0.3) is 0 Å². The molecule has 4 rings (SSSR count). The van der Waals surface area contributed by atoms with Crippen LogP contribution in [-0.2, 0) is 16.1 Å². The highest BCUT2D eigenvalue weighted by molar-refractivity contribution is 7.98. The fourth-order valence-corrected chi connectivity index (χ4v) is 5.60. The summed E-state index contributed by atoms with van der Waals surface area (Å²) < 4.78 is 13.6. The van der Waals surface area contributed by atoms with E-state index in [0.717, 1.165) is 65.4 Å². The van der Waals surface area contributed by atoms with Gasteiger partial charge in [-0.05, 0) is 75.3 Å². The first kappa shape index (κ1) is 26.3. The Morgan fingerprint density at radius 3 is 2.42 bits per heavy atom. The summed E-state index contributed by atoms with van der Waals surface area (Å²) in [7, 11) is 0. The number of ether oxygens (including phenoxy) is 2. The molecule has 6 nitrogen and oxygen atoms in total. The molecule has 7 heteroatoms. The Morgan fingerprint density at radius 2 is 1.75 bits per heavy atom. The number of nitrogens with zero attached hydrogens (tertiary/aromatic N) is 2. The maximum atomic E-state index is 10.7. The predicted octanol–water partition coefficient (Wildman–Crippen LogP) is 6.63. The molecule has 0 bridgehead atoms. The molecule has 1 N–H and O–H groups in total. The Morgan fingerprint density at radius 1 is 1.06 bits per heavy atom. The molecule has 1 saturated carbocycles. The second-order valence-electron chi connectivity index (χ2n) is 9.77. The van der Waals surface area contributed by atoms with Crippen LogP contribution in [0.15, 0.2) is 59.6 Å². The summed E-state index contributed by atoms with van der Waals surface area (Å²) in [6.45, 7) is 5.27. The average molecular weight is 509 g/mol. The third-order valence-corrected chi connectivity index (χ3v) is 7.30.